The molecule has 1 saturated heterocycles. The largest absolute Gasteiger partial charge is 0.496 e. The maximum absolute atomic E-state index is 12.4. The van der Waals surface area contributed by atoms with Gasteiger partial charge in [-0.2, -0.15) is 12.7 Å². The van der Waals surface area contributed by atoms with Crippen LogP contribution in [0.4, 0.5) is 0 Å². The van der Waals surface area contributed by atoms with Crippen molar-refractivity contribution >= 4 is 45.0 Å². The molecule has 0 bridgehead atoms. The molecule has 1 heterocycles. The highest BCUT2D eigenvalue weighted by atomic mass is 35.5. The van der Waals surface area contributed by atoms with E-state index in [0.717, 1.165) is 19.3 Å². The fourth-order valence-electron chi connectivity index (χ4n) is 3.01. The first-order chi connectivity index (χ1) is 13.3. The highest BCUT2D eigenvalue weighted by Gasteiger charge is 2.28. The van der Waals surface area contributed by atoms with Crippen LogP contribution in [0.2, 0.25) is 5.02 Å². The Morgan fingerprint density at radius 2 is 2.04 bits per heavy atom. The summed E-state index contributed by atoms with van der Waals surface area (Å²) in [7, 11) is -0.557. The van der Waals surface area contributed by atoms with Gasteiger partial charge in [0.2, 0.25) is 0 Å². The Balaban J connectivity index is 1.79. The summed E-state index contributed by atoms with van der Waals surface area (Å²) in [6.07, 6.45) is 2.22. The fourth-order valence-corrected chi connectivity index (χ4v) is 4.66. The van der Waals surface area contributed by atoms with E-state index in [1.54, 1.807) is 25.2 Å². The van der Waals surface area contributed by atoms with Crippen LogP contribution >= 0.6 is 23.8 Å². The van der Waals surface area contributed by atoms with Crippen molar-refractivity contribution < 1.29 is 17.9 Å². The van der Waals surface area contributed by atoms with E-state index in [-0.39, 0.29) is 11.0 Å². The molecule has 0 saturated carbocycles. The zero-order valence-electron chi connectivity index (χ0n) is 15.8. The second-order valence-electron chi connectivity index (χ2n) is 6.42. The summed E-state index contributed by atoms with van der Waals surface area (Å²) in [5, 5.41) is 6.00. The lowest BCUT2D eigenvalue weighted by Crippen LogP contribution is -2.49. The first-order valence-electron chi connectivity index (χ1n) is 8.88. The molecule has 1 amide bonds. The molecule has 0 aliphatic carbocycles. The second kappa shape index (κ2) is 10.2. The Hall–Kier alpha value is -1.62. The summed E-state index contributed by atoms with van der Waals surface area (Å²) in [4.78, 5) is 12.4. The van der Waals surface area contributed by atoms with Crippen LogP contribution in [0.1, 0.15) is 29.6 Å². The van der Waals surface area contributed by atoms with Gasteiger partial charge >= 0.3 is 10.2 Å². The quantitative estimate of drug-likeness (QED) is 0.547. The fraction of sp³-hybridized carbons (Fsp3) is 0.529. The second-order valence-corrected chi connectivity index (χ2v) is 8.93. The molecule has 28 heavy (non-hydrogen) atoms. The van der Waals surface area contributed by atoms with Gasteiger partial charge in [-0.25, -0.2) is 4.72 Å². The van der Waals surface area contributed by atoms with E-state index in [4.69, 9.17) is 28.6 Å². The lowest BCUT2D eigenvalue weighted by Gasteiger charge is -2.31. The summed E-state index contributed by atoms with van der Waals surface area (Å²) in [5.41, 5.74) is 0.391. The minimum Gasteiger partial charge on any atom is -0.496 e. The monoisotopic (exact) mass is 448 g/mol. The predicted octanol–water partition coefficient (Wildman–Crippen LogP) is 1.52. The molecule has 0 aromatic heterocycles. The number of benzene rings is 1. The third-order valence-electron chi connectivity index (χ3n) is 4.61. The van der Waals surface area contributed by atoms with Crippen molar-refractivity contribution in [3.63, 3.8) is 0 Å². The molecule has 1 fully saturated rings. The summed E-state index contributed by atoms with van der Waals surface area (Å²) in [6.45, 7) is 1.33. The van der Waals surface area contributed by atoms with E-state index in [9.17, 15) is 13.2 Å². The van der Waals surface area contributed by atoms with Crippen molar-refractivity contribution in [2.24, 2.45) is 5.92 Å². The molecule has 1 aliphatic heterocycles. The van der Waals surface area contributed by atoms with Crippen LogP contribution in [-0.2, 0) is 10.2 Å². The Morgan fingerprint density at radius 3 is 2.64 bits per heavy atom. The number of hydrogen-bond donors (Lipinski definition) is 3. The molecule has 1 aromatic carbocycles. The third-order valence-corrected chi connectivity index (χ3v) is 6.78. The summed E-state index contributed by atoms with van der Waals surface area (Å²) in [6, 6.07) is 4.89. The Morgan fingerprint density at radius 1 is 1.36 bits per heavy atom. The van der Waals surface area contributed by atoms with Crippen LogP contribution in [0.15, 0.2) is 18.2 Å². The number of nitrogens with zero attached hydrogens (tertiary/aromatic N) is 1. The lowest BCUT2D eigenvalue weighted by atomic mass is 9.95. The molecule has 1 aliphatic rings. The van der Waals surface area contributed by atoms with Gasteiger partial charge in [0.05, 0.1) is 12.7 Å². The van der Waals surface area contributed by atoms with Gasteiger partial charge in [0.1, 0.15) is 5.75 Å². The summed E-state index contributed by atoms with van der Waals surface area (Å²) < 4.78 is 33.3. The highest BCUT2D eigenvalue weighted by Crippen LogP contribution is 2.24. The number of ether oxygens (including phenoxy) is 1. The average Bonchev–Trinajstić information content (AvgIpc) is 2.67. The molecular weight excluding hydrogens is 424 g/mol. The van der Waals surface area contributed by atoms with Gasteiger partial charge in [-0.05, 0) is 55.6 Å². The molecule has 11 heteroatoms. The average molecular weight is 449 g/mol. The van der Waals surface area contributed by atoms with Gasteiger partial charge in [0.25, 0.3) is 5.91 Å². The molecular formula is C17H25ClN4O4S2. The SMILES string of the molecule is CNC(=S)NS(=O)(=O)N1CCC(CCNC(=O)c2cc(Cl)ccc2OC)CC1. The minimum absolute atomic E-state index is 0.0706. The minimum atomic E-state index is -3.62. The van der Waals surface area contributed by atoms with E-state index in [1.807, 2.05) is 0 Å². The molecule has 2 rings (SSSR count). The number of piperidine rings is 1. The van der Waals surface area contributed by atoms with E-state index in [1.165, 1.54) is 11.4 Å². The van der Waals surface area contributed by atoms with E-state index in [2.05, 4.69) is 15.4 Å². The van der Waals surface area contributed by atoms with Crippen LogP contribution in [0.5, 0.6) is 5.75 Å². The highest BCUT2D eigenvalue weighted by molar-refractivity contribution is 7.89. The van der Waals surface area contributed by atoms with Crippen LogP contribution in [0, 0.1) is 5.92 Å². The normalized spacial score (nSPS) is 15.7. The van der Waals surface area contributed by atoms with Gasteiger partial charge in [0, 0.05) is 31.7 Å². The standard InChI is InChI=1S/C17H25ClN4O4S2/c1-19-17(27)21-28(24,25)22-9-6-12(7-10-22)5-8-20-16(23)14-11-13(18)3-4-15(14)26-2/h3-4,11-12H,5-10H2,1-2H3,(H,20,23)(H2,19,21,27). The van der Waals surface area contributed by atoms with Gasteiger partial charge in [-0.3, -0.25) is 4.79 Å². The Kier molecular flexibility index (Phi) is 8.29. The maximum atomic E-state index is 12.4. The number of rotatable bonds is 7. The van der Waals surface area contributed by atoms with E-state index < -0.39 is 10.2 Å². The number of amides is 1. The summed E-state index contributed by atoms with van der Waals surface area (Å²) in [5.74, 6) is 0.556. The van der Waals surface area contributed by atoms with Crippen molar-refractivity contribution in [2.45, 2.75) is 19.3 Å². The van der Waals surface area contributed by atoms with Gasteiger partial charge in [-0.1, -0.05) is 11.6 Å². The van der Waals surface area contributed by atoms with Crippen molar-refractivity contribution in [2.75, 3.05) is 33.8 Å². The van der Waals surface area contributed by atoms with Gasteiger partial charge in [0.15, 0.2) is 5.11 Å². The topological polar surface area (TPSA) is 99.8 Å². The maximum Gasteiger partial charge on any atom is 0.303 e. The molecule has 0 atom stereocenters. The number of carbonyl (C=O) groups is 1. The Bertz CT molecular complexity index is 811. The number of halogens is 1. The van der Waals surface area contributed by atoms with Crippen molar-refractivity contribution in [1.29, 1.82) is 0 Å². The molecule has 8 nitrogen and oxygen atoms in total. The molecule has 1 aromatic rings. The molecule has 156 valence electrons. The zero-order chi connectivity index (χ0) is 20.7. The number of carbonyl (C=O) groups excluding carboxylic acids is 1. The molecule has 0 unspecified atom stereocenters. The number of nitrogens with one attached hydrogen (secondary N) is 3. The van der Waals surface area contributed by atoms with Crippen molar-refractivity contribution in [3.8, 4) is 5.75 Å². The third kappa shape index (κ3) is 6.20. The van der Waals surface area contributed by atoms with Crippen LogP contribution < -0.4 is 20.1 Å². The first kappa shape index (κ1) is 22.7. The van der Waals surface area contributed by atoms with Crippen LogP contribution in [0.3, 0.4) is 0 Å². The van der Waals surface area contributed by atoms with Crippen molar-refractivity contribution in [3.05, 3.63) is 28.8 Å². The van der Waals surface area contributed by atoms with E-state index in [0.29, 0.717) is 41.9 Å². The van der Waals surface area contributed by atoms with Gasteiger partial charge in [-0.15, -0.1) is 0 Å². The zero-order valence-corrected chi connectivity index (χ0v) is 18.2. The van der Waals surface area contributed by atoms with Crippen LogP contribution in [-0.4, -0.2) is 57.5 Å². The summed E-state index contributed by atoms with van der Waals surface area (Å²) >= 11 is 10.8. The predicted molar refractivity (Wildman–Crippen MR) is 113 cm³/mol. The molecule has 0 spiro atoms. The first-order valence-corrected chi connectivity index (χ1v) is 11.1. The molecule has 0 radical (unpaired) electrons. The number of thiocarbonyl (C=S) groups is 1. The smallest absolute Gasteiger partial charge is 0.303 e. The van der Waals surface area contributed by atoms with E-state index >= 15 is 0 Å². The van der Waals surface area contributed by atoms with Gasteiger partial charge < -0.3 is 15.4 Å². The van der Waals surface area contributed by atoms with Crippen LogP contribution in [0.25, 0.3) is 0 Å². The number of hydrogen-bond acceptors (Lipinski definition) is 5. The Labute approximate surface area is 176 Å². The van der Waals surface area contributed by atoms with Crippen molar-refractivity contribution in [1.82, 2.24) is 19.7 Å². The lowest BCUT2D eigenvalue weighted by molar-refractivity contribution is 0.0947. The molecule has 3 N–H and O–H groups in total. The number of methoxy groups -OCH3 is 1.